The zero-order valence-electron chi connectivity index (χ0n) is 20.6. The highest BCUT2D eigenvalue weighted by Gasteiger charge is 2.36. The lowest BCUT2D eigenvalue weighted by atomic mass is 10.0. The molecule has 0 aliphatic carbocycles. The second-order valence-electron chi connectivity index (χ2n) is 8.96. The summed E-state index contributed by atoms with van der Waals surface area (Å²) in [7, 11) is 0. The number of carboxylic acid groups (broad SMARTS) is 2. The van der Waals surface area contributed by atoms with E-state index in [2.05, 4.69) is 0 Å². The number of aliphatic hydroxyl groups is 4. The Bertz CT molecular complexity index is 671. The zero-order valence-corrected chi connectivity index (χ0v) is 20.6. The molecule has 0 spiro atoms. The third-order valence-corrected chi connectivity index (χ3v) is 5.60. The third-order valence-electron chi connectivity index (χ3n) is 5.60. The maximum atomic E-state index is 10.4. The van der Waals surface area contributed by atoms with Crippen LogP contribution in [0.4, 0.5) is 0 Å². The van der Waals surface area contributed by atoms with Crippen molar-refractivity contribution in [2.75, 3.05) is 0 Å². The Hall–Kier alpha value is -1.64. The summed E-state index contributed by atoms with van der Waals surface area (Å²) >= 11 is 0. The second-order valence-corrected chi connectivity index (χ2v) is 8.96. The summed E-state index contributed by atoms with van der Waals surface area (Å²) in [6, 6.07) is 0. The van der Waals surface area contributed by atoms with Crippen LogP contribution < -0.4 is 0 Å². The predicted molar refractivity (Wildman–Crippen MR) is 121 cm³/mol. The van der Waals surface area contributed by atoms with E-state index in [4.69, 9.17) is 29.2 Å². The molecule has 0 amide bonds. The fourth-order valence-electron chi connectivity index (χ4n) is 3.40. The largest absolute Gasteiger partial charge is 0.481 e. The minimum Gasteiger partial charge on any atom is -0.481 e. The van der Waals surface area contributed by atoms with E-state index in [0.717, 1.165) is 6.08 Å². The molecule has 0 saturated carbocycles. The van der Waals surface area contributed by atoms with Gasteiger partial charge in [-0.25, -0.2) is 4.79 Å². The Kier molecular flexibility index (Phi) is 13.9. The van der Waals surface area contributed by atoms with Crippen molar-refractivity contribution in [3.63, 3.8) is 0 Å². The van der Waals surface area contributed by atoms with Crippen LogP contribution in [0, 0.1) is 0 Å². The molecule has 2 aliphatic rings. The van der Waals surface area contributed by atoms with Crippen molar-refractivity contribution in [1.82, 2.24) is 0 Å². The van der Waals surface area contributed by atoms with E-state index in [0.29, 0.717) is 12.8 Å². The minimum atomic E-state index is -1.01. The van der Waals surface area contributed by atoms with Crippen LogP contribution in [0.1, 0.15) is 59.8 Å². The smallest absolute Gasteiger partial charge is 0.327 e. The van der Waals surface area contributed by atoms with Gasteiger partial charge >= 0.3 is 11.9 Å². The SMILES string of the molecule is CC1O[C@@H](O[C@H](C)CC=CC(=O)O)C(O)C[C@H]1O.CC1O[C@@H](O[C@H](C)CCC(=O)O)C(O)C[C@H]1O. The van der Waals surface area contributed by atoms with E-state index >= 15 is 0 Å². The van der Waals surface area contributed by atoms with Gasteiger partial charge in [0.2, 0.25) is 0 Å². The van der Waals surface area contributed by atoms with E-state index in [1.807, 2.05) is 0 Å². The number of carbonyl (C=O) groups is 2. The molecule has 2 rings (SSSR count). The van der Waals surface area contributed by atoms with Crippen LogP contribution in [0.3, 0.4) is 0 Å². The van der Waals surface area contributed by atoms with Crippen LogP contribution in [-0.2, 0) is 28.5 Å². The highest BCUT2D eigenvalue weighted by atomic mass is 16.7. The number of hydrogen-bond acceptors (Lipinski definition) is 10. The molecule has 2 aliphatic heterocycles. The van der Waals surface area contributed by atoms with E-state index in [1.165, 1.54) is 6.08 Å². The average molecular weight is 509 g/mol. The number of carboxylic acids is 2. The third kappa shape index (κ3) is 12.2. The maximum Gasteiger partial charge on any atom is 0.327 e. The Morgan fingerprint density at radius 3 is 1.74 bits per heavy atom. The molecular weight excluding hydrogens is 468 g/mol. The Balaban J connectivity index is 0.000000351. The van der Waals surface area contributed by atoms with Crippen molar-refractivity contribution in [2.24, 2.45) is 0 Å². The van der Waals surface area contributed by atoms with Gasteiger partial charge in [-0.3, -0.25) is 4.79 Å². The molecule has 2 saturated heterocycles. The molecule has 0 aromatic heterocycles. The van der Waals surface area contributed by atoms with Crippen LogP contribution in [0.2, 0.25) is 0 Å². The lowest BCUT2D eigenvalue weighted by Gasteiger charge is -2.36. The van der Waals surface area contributed by atoms with Gasteiger partial charge in [0.1, 0.15) is 12.2 Å². The van der Waals surface area contributed by atoms with Gasteiger partial charge in [-0.2, -0.15) is 0 Å². The zero-order chi connectivity index (χ0) is 26.7. The van der Waals surface area contributed by atoms with Gasteiger partial charge in [0.15, 0.2) is 12.6 Å². The summed E-state index contributed by atoms with van der Waals surface area (Å²) in [5.74, 6) is -1.89. The fraction of sp³-hybridized carbons (Fsp3) is 0.826. The minimum absolute atomic E-state index is 0.0160. The summed E-state index contributed by atoms with van der Waals surface area (Å²) in [5, 5.41) is 55.3. The molecule has 2 fully saturated rings. The average Bonchev–Trinajstić information content (AvgIpc) is 2.74. The molecule has 35 heavy (non-hydrogen) atoms. The van der Waals surface area contributed by atoms with Crippen molar-refractivity contribution in [2.45, 2.75) is 121 Å². The summed E-state index contributed by atoms with van der Waals surface area (Å²) in [4.78, 5) is 20.7. The topological polar surface area (TPSA) is 192 Å². The molecule has 4 unspecified atom stereocenters. The van der Waals surface area contributed by atoms with Gasteiger partial charge in [-0.1, -0.05) is 6.08 Å². The van der Waals surface area contributed by atoms with Gasteiger partial charge in [0.05, 0.1) is 36.6 Å². The first-order chi connectivity index (χ1) is 16.3. The molecule has 12 nitrogen and oxygen atoms in total. The Labute approximate surface area is 205 Å². The molecule has 10 atom stereocenters. The lowest BCUT2D eigenvalue weighted by Crippen LogP contribution is -2.48. The van der Waals surface area contributed by atoms with Crippen LogP contribution in [0.25, 0.3) is 0 Å². The molecular formula is C23H40O12. The van der Waals surface area contributed by atoms with Gasteiger partial charge < -0.3 is 49.6 Å². The maximum absolute atomic E-state index is 10.4. The molecule has 0 radical (unpaired) electrons. The lowest BCUT2D eigenvalue weighted by molar-refractivity contribution is -0.273. The predicted octanol–water partition coefficient (Wildman–Crippen LogP) is 0.392. The molecule has 6 N–H and O–H groups in total. The second kappa shape index (κ2) is 15.5. The molecule has 0 aromatic rings. The van der Waals surface area contributed by atoms with E-state index in [9.17, 15) is 30.0 Å². The molecule has 0 aromatic carbocycles. The normalized spacial score (nSPS) is 35.1. The van der Waals surface area contributed by atoms with Gasteiger partial charge in [0.25, 0.3) is 0 Å². The summed E-state index contributed by atoms with van der Waals surface area (Å²) < 4.78 is 21.6. The van der Waals surface area contributed by atoms with Crippen LogP contribution in [0.15, 0.2) is 12.2 Å². The molecule has 12 heteroatoms. The standard InChI is InChI=1S/C12H20O6.C11H20O6/c1-7(4-3-5-11(15)16)17-12-10(14)6-9(13)8(2)18-12;1-6(3-4-10(14)15)16-11-9(13)5-8(12)7(2)17-11/h3,5,7-10,12-14H,4,6H2,1-2H3,(H,15,16);6-9,11-13H,3-5H2,1-2H3,(H,14,15)/t7-,8?,9-,10?,12-;6-,7?,8-,9?,11-/m11/s1. The van der Waals surface area contributed by atoms with Gasteiger partial charge in [0, 0.05) is 25.3 Å². The first kappa shape index (κ1) is 31.4. The summed E-state index contributed by atoms with van der Waals surface area (Å²) in [6.07, 6.45) is -2.35. The van der Waals surface area contributed by atoms with Crippen LogP contribution in [0.5, 0.6) is 0 Å². The van der Waals surface area contributed by atoms with E-state index in [-0.39, 0.29) is 37.6 Å². The molecule has 0 bridgehead atoms. The van der Waals surface area contributed by atoms with Crippen molar-refractivity contribution in [3.8, 4) is 0 Å². The summed E-state index contributed by atoms with van der Waals surface area (Å²) in [5.41, 5.74) is 0. The van der Waals surface area contributed by atoms with E-state index < -0.39 is 55.0 Å². The van der Waals surface area contributed by atoms with E-state index in [1.54, 1.807) is 27.7 Å². The van der Waals surface area contributed by atoms with Crippen LogP contribution in [-0.4, -0.2) is 104 Å². The Morgan fingerprint density at radius 2 is 1.31 bits per heavy atom. The van der Waals surface area contributed by atoms with Crippen molar-refractivity contribution in [3.05, 3.63) is 12.2 Å². The number of ether oxygens (including phenoxy) is 4. The first-order valence-electron chi connectivity index (χ1n) is 11.7. The van der Waals surface area contributed by atoms with Gasteiger partial charge in [-0.15, -0.1) is 0 Å². The first-order valence-corrected chi connectivity index (χ1v) is 11.7. The van der Waals surface area contributed by atoms with Crippen LogP contribution >= 0.6 is 0 Å². The van der Waals surface area contributed by atoms with Gasteiger partial charge in [-0.05, 0) is 40.5 Å². The highest BCUT2D eigenvalue weighted by Crippen LogP contribution is 2.23. The van der Waals surface area contributed by atoms with Crippen molar-refractivity contribution >= 4 is 11.9 Å². The molecule has 2 heterocycles. The molecule has 204 valence electrons. The monoisotopic (exact) mass is 508 g/mol. The highest BCUT2D eigenvalue weighted by molar-refractivity contribution is 5.79. The number of rotatable bonds is 10. The Morgan fingerprint density at radius 1 is 0.857 bits per heavy atom. The fourth-order valence-corrected chi connectivity index (χ4v) is 3.40. The number of hydrogen-bond donors (Lipinski definition) is 6. The number of aliphatic hydroxyl groups excluding tert-OH is 4. The quantitative estimate of drug-likeness (QED) is 0.223. The summed E-state index contributed by atoms with van der Waals surface area (Å²) in [6.45, 7) is 6.91. The van der Waals surface area contributed by atoms with Crippen molar-refractivity contribution in [1.29, 1.82) is 0 Å². The number of aliphatic carboxylic acids is 2. The van der Waals surface area contributed by atoms with Crippen molar-refractivity contribution < 1.29 is 59.2 Å².